The first-order valence-corrected chi connectivity index (χ1v) is 8.47. The number of para-hydroxylation sites is 1. The number of sulfone groups is 1. The number of nitrogens with zero attached hydrogens (tertiary/aromatic N) is 1. The second kappa shape index (κ2) is 5.41. The maximum Gasteiger partial charge on any atom is 0.154 e. The van der Waals surface area contributed by atoms with Gasteiger partial charge in [-0.1, -0.05) is 12.1 Å². The maximum absolute atomic E-state index is 11.9. The molecule has 5 heteroatoms. The molecule has 1 aliphatic heterocycles. The van der Waals surface area contributed by atoms with Crippen molar-refractivity contribution < 1.29 is 8.42 Å². The van der Waals surface area contributed by atoms with Crippen molar-refractivity contribution in [1.29, 1.82) is 0 Å². The maximum atomic E-state index is 11.9. The minimum atomic E-state index is -3.00. The molecule has 0 saturated carbocycles. The number of aryl methyl sites for hydroxylation is 1. The Bertz CT molecular complexity index is 553. The van der Waals surface area contributed by atoms with Gasteiger partial charge in [0, 0.05) is 13.1 Å². The third kappa shape index (κ3) is 3.03. The van der Waals surface area contributed by atoms with E-state index < -0.39 is 9.84 Å². The van der Waals surface area contributed by atoms with Gasteiger partial charge < -0.3 is 10.6 Å². The molecule has 1 aromatic carbocycles. The van der Waals surface area contributed by atoms with Crippen molar-refractivity contribution in [2.45, 2.75) is 31.9 Å². The first-order valence-electron chi connectivity index (χ1n) is 6.75. The topological polar surface area (TPSA) is 63.4 Å². The Labute approximate surface area is 115 Å². The average Bonchev–Trinajstić information content (AvgIpc) is 2.36. The van der Waals surface area contributed by atoms with E-state index in [4.69, 9.17) is 5.73 Å². The van der Waals surface area contributed by atoms with Crippen LogP contribution in [0.2, 0.25) is 0 Å². The van der Waals surface area contributed by atoms with Gasteiger partial charge >= 0.3 is 0 Å². The summed E-state index contributed by atoms with van der Waals surface area (Å²) in [5.41, 5.74) is 9.05. The molecule has 2 N–H and O–H groups in total. The minimum Gasteiger partial charge on any atom is -0.397 e. The SMILES string of the molecule is CC(C)S(=O)(=O)CCN1CCCc2cccc(N)c21. The molecule has 0 amide bonds. The summed E-state index contributed by atoms with van der Waals surface area (Å²) in [4.78, 5) is 2.12. The number of anilines is 2. The van der Waals surface area contributed by atoms with Crippen LogP contribution in [0.4, 0.5) is 11.4 Å². The molecule has 0 atom stereocenters. The molecule has 0 radical (unpaired) electrons. The summed E-state index contributed by atoms with van der Waals surface area (Å²) in [5, 5.41) is -0.315. The summed E-state index contributed by atoms with van der Waals surface area (Å²) in [7, 11) is -3.00. The van der Waals surface area contributed by atoms with Gasteiger partial charge in [-0.3, -0.25) is 0 Å². The normalized spacial score (nSPS) is 15.6. The fourth-order valence-electron chi connectivity index (χ4n) is 2.47. The fraction of sp³-hybridized carbons (Fsp3) is 0.571. The molecule has 0 saturated heterocycles. The summed E-state index contributed by atoms with van der Waals surface area (Å²) in [6.07, 6.45) is 2.08. The molecule has 1 aliphatic rings. The number of hydrogen-bond donors (Lipinski definition) is 1. The molecule has 106 valence electrons. The van der Waals surface area contributed by atoms with Crippen molar-refractivity contribution in [3.05, 3.63) is 23.8 Å². The zero-order valence-electron chi connectivity index (χ0n) is 11.6. The predicted molar refractivity (Wildman–Crippen MR) is 80.3 cm³/mol. The van der Waals surface area contributed by atoms with E-state index in [9.17, 15) is 8.42 Å². The van der Waals surface area contributed by atoms with Crippen LogP contribution in [-0.4, -0.2) is 32.5 Å². The van der Waals surface area contributed by atoms with Crippen molar-refractivity contribution in [3.63, 3.8) is 0 Å². The van der Waals surface area contributed by atoms with E-state index in [0.29, 0.717) is 6.54 Å². The minimum absolute atomic E-state index is 0.193. The lowest BCUT2D eigenvalue weighted by atomic mass is 10.0. The standard InChI is InChI=1S/C14H22N2O2S/c1-11(2)19(17,18)10-9-16-8-4-6-12-5-3-7-13(15)14(12)16/h3,5,7,11H,4,6,8-10,15H2,1-2H3. The molecule has 0 aliphatic carbocycles. The van der Waals surface area contributed by atoms with Crippen LogP contribution in [0, 0.1) is 0 Å². The largest absolute Gasteiger partial charge is 0.397 e. The quantitative estimate of drug-likeness (QED) is 0.856. The first-order chi connectivity index (χ1) is 8.92. The number of benzene rings is 1. The molecule has 4 nitrogen and oxygen atoms in total. The third-order valence-corrected chi connectivity index (χ3v) is 5.89. The van der Waals surface area contributed by atoms with E-state index >= 15 is 0 Å². The fourth-order valence-corrected chi connectivity index (χ4v) is 3.41. The molecule has 0 bridgehead atoms. The number of nitrogens with two attached hydrogens (primary N) is 1. The highest BCUT2D eigenvalue weighted by atomic mass is 32.2. The second-order valence-electron chi connectivity index (χ2n) is 5.36. The molecule has 0 unspecified atom stereocenters. The number of rotatable bonds is 4. The van der Waals surface area contributed by atoms with Crippen molar-refractivity contribution in [2.24, 2.45) is 0 Å². The summed E-state index contributed by atoms with van der Waals surface area (Å²) in [5.74, 6) is 0.193. The zero-order chi connectivity index (χ0) is 14.0. The van der Waals surface area contributed by atoms with Crippen LogP contribution in [0.3, 0.4) is 0 Å². The van der Waals surface area contributed by atoms with Crippen molar-refractivity contribution >= 4 is 21.2 Å². The highest BCUT2D eigenvalue weighted by Crippen LogP contribution is 2.32. The predicted octanol–water partition coefficient (Wildman–Crippen LogP) is 1.84. The summed E-state index contributed by atoms with van der Waals surface area (Å²) < 4.78 is 23.8. The van der Waals surface area contributed by atoms with Gasteiger partial charge in [0.15, 0.2) is 9.84 Å². The van der Waals surface area contributed by atoms with Crippen LogP contribution in [0.25, 0.3) is 0 Å². The number of fused-ring (bicyclic) bond motifs is 1. The highest BCUT2D eigenvalue weighted by Gasteiger charge is 2.22. The van der Waals surface area contributed by atoms with E-state index in [1.54, 1.807) is 13.8 Å². The smallest absolute Gasteiger partial charge is 0.154 e. The lowest BCUT2D eigenvalue weighted by Crippen LogP contribution is -2.35. The van der Waals surface area contributed by atoms with Gasteiger partial charge in [0.2, 0.25) is 0 Å². The van der Waals surface area contributed by atoms with E-state index in [0.717, 1.165) is 30.8 Å². The highest BCUT2D eigenvalue weighted by molar-refractivity contribution is 7.92. The Hall–Kier alpha value is -1.23. The lowest BCUT2D eigenvalue weighted by Gasteiger charge is -2.32. The molecule has 19 heavy (non-hydrogen) atoms. The van der Waals surface area contributed by atoms with Crippen LogP contribution >= 0.6 is 0 Å². The molecule has 1 aromatic rings. The van der Waals surface area contributed by atoms with Crippen molar-refractivity contribution in [1.82, 2.24) is 0 Å². The molecule has 2 rings (SSSR count). The van der Waals surface area contributed by atoms with Gasteiger partial charge in [-0.25, -0.2) is 8.42 Å². The van der Waals surface area contributed by atoms with Crippen LogP contribution in [-0.2, 0) is 16.3 Å². The van der Waals surface area contributed by atoms with Gasteiger partial charge in [-0.2, -0.15) is 0 Å². The van der Waals surface area contributed by atoms with Crippen LogP contribution < -0.4 is 10.6 Å². The first kappa shape index (κ1) is 14.2. The molecule has 1 heterocycles. The van der Waals surface area contributed by atoms with Gasteiger partial charge in [-0.15, -0.1) is 0 Å². The molecule has 0 spiro atoms. The average molecular weight is 282 g/mol. The molecule has 0 aromatic heterocycles. The summed E-state index contributed by atoms with van der Waals surface area (Å²) in [6.45, 7) is 4.87. The monoisotopic (exact) mass is 282 g/mol. The van der Waals surface area contributed by atoms with Crippen LogP contribution in [0.1, 0.15) is 25.8 Å². The molecule has 0 fully saturated rings. The van der Waals surface area contributed by atoms with Gasteiger partial charge in [0.05, 0.1) is 22.4 Å². The number of hydrogen-bond acceptors (Lipinski definition) is 4. The summed E-state index contributed by atoms with van der Waals surface area (Å²) in [6, 6.07) is 5.92. The molecular formula is C14H22N2O2S. The van der Waals surface area contributed by atoms with E-state index in [2.05, 4.69) is 11.0 Å². The Morgan fingerprint density at radius 1 is 1.37 bits per heavy atom. The lowest BCUT2D eigenvalue weighted by molar-refractivity contribution is 0.584. The van der Waals surface area contributed by atoms with E-state index in [-0.39, 0.29) is 11.0 Å². The molecular weight excluding hydrogens is 260 g/mol. The van der Waals surface area contributed by atoms with Crippen LogP contribution in [0.15, 0.2) is 18.2 Å². The third-order valence-electron chi connectivity index (χ3n) is 3.71. The summed E-state index contributed by atoms with van der Waals surface area (Å²) >= 11 is 0. The van der Waals surface area contributed by atoms with Crippen LogP contribution in [0.5, 0.6) is 0 Å². The van der Waals surface area contributed by atoms with E-state index in [1.807, 2.05) is 12.1 Å². The van der Waals surface area contributed by atoms with Crippen molar-refractivity contribution in [3.8, 4) is 0 Å². The van der Waals surface area contributed by atoms with Gasteiger partial charge in [0.1, 0.15) is 0 Å². The Morgan fingerprint density at radius 3 is 2.79 bits per heavy atom. The van der Waals surface area contributed by atoms with E-state index in [1.165, 1.54) is 5.56 Å². The van der Waals surface area contributed by atoms with Gasteiger partial charge in [0.25, 0.3) is 0 Å². The van der Waals surface area contributed by atoms with Crippen molar-refractivity contribution in [2.75, 3.05) is 29.5 Å². The Kier molecular flexibility index (Phi) is 4.04. The second-order valence-corrected chi connectivity index (χ2v) is 8.04. The van der Waals surface area contributed by atoms with Gasteiger partial charge in [-0.05, 0) is 38.3 Å². The zero-order valence-corrected chi connectivity index (χ0v) is 12.4. The Morgan fingerprint density at radius 2 is 2.11 bits per heavy atom. The number of nitrogen functional groups attached to an aromatic ring is 1. The Balaban J connectivity index is 2.17.